The van der Waals surface area contributed by atoms with Gasteiger partial charge in [-0.2, -0.15) is 0 Å². The van der Waals surface area contributed by atoms with Gasteiger partial charge >= 0.3 is 0 Å². The van der Waals surface area contributed by atoms with Gasteiger partial charge in [0.2, 0.25) is 0 Å². The van der Waals surface area contributed by atoms with E-state index in [9.17, 15) is 0 Å². The van der Waals surface area contributed by atoms with Gasteiger partial charge in [0.25, 0.3) is 0 Å². The zero-order valence-corrected chi connectivity index (χ0v) is 10.3. The van der Waals surface area contributed by atoms with Crippen molar-refractivity contribution in [1.82, 2.24) is 0 Å². The normalized spacial score (nSPS) is 11.3. The minimum Gasteiger partial charge on any atom is -0.456 e. The topological polar surface area (TPSA) is 13.1 Å². The number of benzene rings is 2. The first-order valence-corrected chi connectivity index (χ1v) is 6.62. The van der Waals surface area contributed by atoms with E-state index in [2.05, 4.69) is 41.8 Å². The van der Waals surface area contributed by atoms with E-state index in [1.54, 1.807) is 11.3 Å². The zero-order chi connectivity index (χ0) is 11.9. The van der Waals surface area contributed by atoms with Gasteiger partial charge in [0.15, 0.2) is 0 Å². The Morgan fingerprint density at radius 1 is 0.944 bits per heavy atom. The Hall–Kier alpha value is -2.06. The molecular formula is C16H9OS. The van der Waals surface area contributed by atoms with E-state index in [0.29, 0.717) is 0 Å². The van der Waals surface area contributed by atoms with E-state index in [1.165, 1.54) is 10.1 Å². The summed E-state index contributed by atoms with van der Waals surface area (Å²) in [6.07, 6.45) is 0. The third kappa shape index (κ3) is 1.39. The molecule has 0 saturated heterocycles. The molecule has 2 heteroatoms. The van der Waals surface area contributed by atoms with Gasteiger partial charge in [-0.25, -0.2) is 0 Å². The molecule has 0 unspecified atom stereocenters. The first kappa shape index (κ1) is 9.92. The molecule has 85 valence electrons. The maximum Gasteiger partial charge on any atom is 0.137 e. The number of furan rings is 1. The third-order valence-electron chi connectivity index (χ3n) is 3.09. The fraction of sp³-hybridized carbons (Fsp3) is 0. The Morgan fingerprint density at radius 2 is 1.78 bits per heavy atom. The molecule has 4 rings (SSSR count). The summed E-state index contributed by atoms with van der Waals surface area (Å²) in [7, 11) is 0. The molecule has 0 aliphatic rings. The summed E-state index contributed by atoms with van der Waals surface area (Å²) in [5.74, 6) is 0.897. The van der Waals surface area contributed by atoms with Crippen molar-refractivity contribution in [3.8, 4) is 11.3 Å². The molecule has 2 aromatic carbocycles. The van der Waals surface area contributed by atoms with E-state index in [0.717, 1.165) is 22.3 Å². The van der Waals surface area contributed by atoms with Crippen LogP contribution in [0, 0.1) is 5.38 Å². The highest BCUT2D eigenvalue weighted by Gasteiger charge is 2.11. The number of thiophene rings is 1. The van der Waals surface area contributed by atoms with Crippen LogP contribution in [0.1, 0.15) is 0 Å². The number of para-hydroxylation sites is 1. The molecule has 0 amide bonds. The fourth-order valence-corrected chi connectivity index (χ4v) is 3.06. The Balaban J connectivity index is 2.01. The van der Waals surface area contributed by atoms with Crippen molar-refractivity contribution in [3.63, 3.8) is 0 Å². The maximum absolute atomic E-state index is 5.90. The summed E-state index contributed by atoms with van der Waals surface area (Å²) in [6, 6.07) is 18.5. The van der Waals surface area contributed by atoms with Crippen molar-refractivity contribution >= 4 is 32.4 Å². The van der Waals surface area contributed by atoms with E-state index in [1.807, 2.05) is 18.2 Å². The van der Waals surface area contributed by atoms with Gasteiger partial charge in [-0.05, 0) is 18.2 Å². The average molecular weight is 249 g/mol. The fourth-order valence-electron chi connectivity index (χ4n) is 2.21. The highest BCUT2D eigenvalue weighted by Crippen LogP contribution is 2.35. The maximum atomic E-state index is 5.90. The lowest BCUT2D eigenvalue weighted by atomic mass is 10.1. The minimum absolute atomic E-state index is 0.897. The molecule has 4 aromatic rings. The predicted molar refractivity (Wildman–Crippen MR) is 75.9 cm³/mol. The lowest BCUT2D eigenvalue weighted by molar-refractivity contribution is 0.632. The van der Waals surface area contributed by atoms with E-state index in [4.69, 9.17) is 4.42 Å². The summed E-state index contributed by atoms with van der Waals surface area (Å²) < 4.78 is 7.14. The summed E-state index contributed by atoms with van der Waals surface area (Å²) >= 11 is 1.63. The summed E-state index contributed by atoms with van der Waals surface area (Å²) in [5, 5.41) is 5.68. The van der Waals surface area contributed by atoms with Gasteiger partial charge in [0.1, 0.15) is 11.3 Å². The highest BCUT2D eigenvalue weighted by molar-refractivity contribution is 7.17. The molecule has 0 spiro atoms. The van der Waals surface area contributed by atoms with E-state index in [-0.39, 0.29) is 0 Å². The van der Waals surface area contributed by atoms with Crippen LogP contribution in [0.4, 0.5) is 0 Å². The largest absolute Gasteiger partial charge is 0.456 e. The Labute approximate surface area is 108 Å². The molecule has 1 nitrogen and oxygen atoms in total. The van der Waals surface area contributed by atoms with Crippen molar-refractivity contribution < 1.29 is 4.42 Å². The van der Waals surface area contributed by atoms with Gasteiger partial charge in [0, 0.05) is 21.0 Å². The first-order valence-electron chi connectivity index (χ1n) is 5.80. The van der Waals surface area contributed by atoms with Gasteiger partial charge in [-0.15, -0.1) is 11.3 Å². The second kappa shape index (κ2) is 3.72. The molecule has 2 heterocycles. The Morgan fingerprint density at radius 3 is 2.72 bits per heavy atom. The Kier molecular flexibility index (Phi) is 2.05. The highest BCUT2D eigenvalue weighted by atomic mass is 32.1. The van der Waals surface area contributed by atoms with Crippen molar-refractivity contribution in [1.29, 1.82) is 0 Å². The van der Waals surface area contributed by atoms with Gasteiger partial charge in [-0.1, -0.05) is 36.4 Å². The first-order chi connectivity index (χ1) is 8.92. The molecule has 18 heavy (non-hydrogen) atoms. The van der Waals surface area contributed by atoms with Crippen LogP contribution >= 0.6 is 11.3 Å². The third-order valence-corrected chi connectivity index (χ3v) is 3.97. The van der Waals surface area contributed by atoms with Crippen LogP contribution in [0.3, 0.4) is 0 Å². The zero-order valence-electron chi connectivity index (χ0n) is 9.51. The number of rotatable bonds is 1. The van der Waals surface area contributed by atoms with Gasteiger partial charge < -0.3 is 4.42 Å². The Bertz CT molecular complexity index is 805. The van der Waals surface area contributed by atoms with Crippen LogP contribution in [0.15, 0.2) is 59.0 Å². The van der Waals surface area contributed by atoms with E-state index < -0.39 is 0 Å². The molecule has 0 saturated carbocycles. The number of hydrogen-bond donors (Lipinski definition) is 0. The number of hydrogen-bond acceptors (Lipinski definition) is 2. The minimum atomic E-state index is 0.897. The molecule has 0 aliphatic carbocycles. The molecule has 0 N–H and O–H groups in total. The van der Waals surface area contributed by atoms with Gasteiger partial charge in [-0.3, -0.25) is 0 Å². The molecule has 2 aromatic heterocycles. The summed E-state index contributed by atoms with van der Waals surface area (Å²) in [6.45, 7) is 0. The summed E-state index contributed by atoms with van der Waals surface area (Å²) in [4.78, 5) is 0. The lowest BCUT2D eigenvalue weighted by Crippen LogP contribution is -1.69. The quantitative estimate of drug-likeness (QED) is 0.456. The predicted octanol–water partition coefficient (Wildman–Crippen LogP) is 5.11. The molecule has 0 atom stereocenters. The molecule has 1 radical (unpaired) electrons. The van der Waals surface area contributed by atoms with Gasteiger partial charge in [0.05, 0.1) is 5.38 Å². The van der Waals surface area contributed by atoms with Crippen LogP contribution in [0.25, 0.3) is 32.4 Å². The molecule has 0 fully saturated rings. The average Bonchev–Trinajstić information content (AvgIpc) is 3.02. The van der Waals surface area contributed by atoms with Crippen molar-refractivity contribution in [2.24, 2.45) is 0 Å². The van der Waals surface area contributed by atoms with Crippen molar-refractivity contribution in [2.75, 3.05) is 0 Å². The SMILES string of the molecule is [c]1sc2ccccc2c1-c1cc2ccccc2o1. The van der Waals surface area contributed by atoms with Crippen LogP contribution in [0.2, 0.25) is 0 Å². The second-order valence-corrected chi connectivity index (χ2v) is 5.07. The van der Waals surface area contributed by atoms with Crippen LogP contribution < -0.4 is 0 Å². The lowest BCUT2D eigenvalue weighted by Gasteiger charge is -1.93. The van der Waals surface area contributed by atoms with Crippen LogP contribution in [0.5, 0.6) is 0 Å². The van der Waals surface area contributed by atoms with Crippen molar-refractivity contribution in [2.45, 2.75) is 0 Å². The number of fused-ring (bicyclic) bond motifs is 2. The molecular weight excluding hydrogens is 240 g/mol. The summed E-state index contributed by atoms with van der Waals surface area (Å²) in [5.41, 5.74) is 1.99. The monoisotopic (exact) mass is 249 g/mol. The molecule has 0 bridgehead atoms. The molecule has 0 aliphatic heterocycles. The standard InChI is InChI=1S/C16H9OS/c1-3-7-14-11(5-1)9-15(17-14)13-10-18-16-8-4-2-6-12(13)16/h1-9H. The van der Waals surface area contributed by atoms with Crippen LogP contribution in [-0.2, 0) is 0 Å². The van der Waals surface area contributed by atoms with E-state index >= 15 is 0 Å². The smallest absolute Gasteiger partial charge is 0.137 e. The second-order valence-electron chi connectivity index (χ2n) is 4.22. The van der Waals surface area contributed by atoms with Crippen molar-refractivity contribution in [3.05, 3.63) is 60.0 Å². The van der Waals surface area contributed by atoms with Crippen LogP contribution in [-0.4, -0.2) is 0 Å².